The number of fused-ring (bicyclic) bond motifs is 1. The Balaban J connectivity index is 1.16. The van der Waals surface area contributed by atoms with Crippen LogP contribution in [0.5, 0.6) is 0 Å². The van der Waals surface area contributed by atoms with Gasteiger partial charge in [-0.25, -0.2) is 19.4 Å². The zero-order valence-corrected chi connectivity index (χ0v) is 20.6. The Hall–Kier alpha value is -3.41. The lowest BCUT2D eigenvalue weighted by Crippen LogP contribution is -2.52. The summed E-state index contributed by atoms with van der Waals surface area (Å²) >= 11 is 0. The second-order valence-corrected chi connectivity index (χ2v) is 9.48. The van der Waals surface area contributed by atoms with Crippen LogP contribution < -0.4 is 15.9 Å². The van der Waals surface area contributed by atoms with E-state index in [1.807, 2.05) is 11.1 Å². The molecule has 0 aliphatic carbocycles. The molecule has 11 heteroatoms. The molecule has 0 atom stereocenters. The van der Waals surface area contributed by atoms with Crippen LogP contribution in [0.25, 0.3) is 11.0 Å². The van der Waals surface area contributed by atoms with E-state index in [-0.39, 0.29) is 17.0 Å². The van der Waals surface area contributed by atoms with Crippen molar-refractivity contribution in [3.05, 3.63) is 63.6 Å². The number of hydrogen-bond acceptors (Lipinski definition) is 8. The van der Waals surface area contributed by atoms with E-state index >= 15 is 4.39 Å². The minimum Gasteiger partial charge on any atom is -0.368 e. The van der Waals surface area contributed by atoms with Gasteiger partial charge in [-0.2, -0.15) is 0 Å². The van der Waals surface area contributed by atoms with Crippen LogP contribution in [0.3, 0.4) is 0 Å². The molecule has 2 aliphatic heterocycles. The normalized spacial score (nSPS) is 18.0. The Kier molecular flexibility index (Phi) is 6.95. The van der Waals surface area contributed by atoms with Gasteiger partial charge >= 0.3 is 0 Å². The molecule has 10 nitrogen and oxygen atoms in total. The van der Waals surface area contributed by atoms with Crippen molar-refractivity contribution in [2.24, 2.45) is 0 Å². The molecule has 4 heterocycles. The number of hydrogen-bond donors (Lipinski definition) is 2. The third-order valence-corrected chi connectivity index (χ3v) is 6.93. The number of aromatic nitrogens is 3. The molecule has 2 aromatic heterocycles. The molecule has 2 fully saturated rings. The fraction of sp³-hybridized carbons (Fsp3) is 0.440. The zero-order valence-electron chi connectivity index (χ0n) is 20.6. The van der Waals surface area contributed by atoms with Gasteiger partial charge in [-0.3, -0.25) is 19.9 Å². The topological polar surface area (TPSA) is 101 Å². The van der Waals surface area contributed by atoms with Gasteiger partial charge in [-0.1, -0.05) is 6.07 Å². The molecule has 0 spiro atoms. The summed E-state index contributed by atoms with van der Waals surface area (Å²) in [5.74, 6) is -0.616. The summed E-state index contributed by atoms with van der Waals surface area (Å²) in [6, 6.07) is 7.18. The first kappa shape index (κ1) is 24.3. The first-order valence-corrected chi connectivity index (χ1v) is 12.2. The van der Waals surface area contributed by atoms with Crippen LogP contribution in [-0.2, 0) is 6.54 Å². The van der Waals surface area contributed by atoms with Crippen molar-refractivity contribution in [1.82, 2.24) is 35.2 Å². The van der Waals surface area contributed by atoms with E-state index in [9.17, 15) is 9.59 Å². The van der Waals surface area contributed by atoms with Crippen LogP contribution in [0.4, 0.5) is 10.1 Å². The number of halogens is 1. The molecule has 2 aliphatic rings. The van der Waals surface area contributed by atoms with Crippen LogP contribution >= 0.6 is 0 Å². The molecule has 0 bridgehead atoms. The fourth-order valence-corrected chi connectivity index (χ4v) is 4.61. The maximum Gasteiger partial charge on any atom is 0.284 e. The number of likely N-dealkylation sites (N-methyl/N-ethyl adjacent to an activating group) is 1. The first-order chi connectivity index (χ1) is 17.4. The molecule has 5 rings (SSSR count). The number of H-pyrrole nitrogens is 1. The summed E-state index contributed by atoms with van der Waals surface area (Å²) < 4.78 is 15.1. The number of aryl methyl sites for hydroxylation is 1. The second kappa shape index (κ2) is 10.3. The molecule has 0 radical (unpaired) electrons. The minimum atomic E-state index is -0.422. The van der Waals surface area contributed by atoms with Gasteiger partial charge in [0.25, 0.3) is 11.5 Å². The Bertz CT molecular complexity index is 1300. The molecule has 190 valence electrons. The van der Waals surface area contributed by atoms with E-state index in [0.717, 1.165) is 58.0 Å². The Morgan fingerprint density at radius 1 is 1.06 bits per heavy atom. The first-order valence-electron chi connectivity index (χ1n) is 12.2. The number of rotatable bonds is 5. The van der Waals surface area contributed by atoms with Gasteiger partial charge in [0.05, 0.1) is 17.4 Å². The van der Waals surface area contributed by atoms with Crippen molar-refractivity contribution < 1.29 is 9.18 Å². The number of amides is 1. The monoisotopic (exact) mass is 494 g/mol. The van der Waals surface area contributed by atoms with E-state index in [2.05, 4.69) is 42.1 Å². The zero-order chi connectivity index (χ0) is 25.2. The van der Waals surface area contributed by atoms with Crippen LogP contribution in [0, 0.1) is 12.7 Å². The molecule has 0 saturated carbocycles. The SMILES string of the molecule is Cc1nc2ccc(CN3CCN(c4ccc(C(=O)NN5CCN(C)CC5)nc4)CC3)c(F)c2[nH]c1=O. The molecular weight excluding hydrogens is 463 g/mol. The average Bonchev–Trinajstić information content (AvgIpc) is 2.89. The van der Waals surface area contributed by atoms with Crippen LogP contribution in [0.15, 0.2) is 35.3 Å². The third kappa shape index (κ3) is 5.23. The largest absolute Gasteiger partial charge is 0.368 e. The predicted octanol–water partition coefficient (Wildman–Crippen LogP) is 0.980. The van der Waals surface area contributed by atoms with Gasteiger partial charge in [-0.15, -0.1) is 0 Å². The number of anilines is 1. The molecule has 36 heavy (non-hydrogen) atoms. The summed E-state index contributed by atoms with van der Waals surface area (Å²) in [6.45, 7) is 8.53. The number of pyridine rings is 1. The number of carbonyl (C=O) groups excluding carboxylic acids is 1. The quantitative estimate of drug-likeness (QED) is 0.542. The maximum atomic E-state index is 15.1. The van der Waals surface area contributed by atoms with Crippen molar-refractivity contribution in [3.63, 3.8) is 0 Å². The highest BCUT2D eigenvalue weighted by molar-refractivity contribution is 5.92. The maximum absolute atomic E-state index is 15.1. The molecular formula is C25H31FN8O2. The van der Waals surface area contributed by atoms with Gasteiger partial charge in [0, 0.05) is 64.5 Å². The minimum absolute atomic E-state index is 0.157. The summed E-state index contributed by atoms with van der Waals surface area (Å²) in [4.78, 5) is 42.2. The molecule has 2 N–H and O–H groups in total. The molecule has 0 unspecified atom stereocenters. The van der Waals surface area contributed by atoms with Crippen molar-refractivity contribution in [1.29, 1.82) is 0 Å². The van der Waals surface area contributed by atoms with Crippen molar-refractivity contribution >= 4 is 22.6 Å². The van der Waals surface area contributed by atoms with Crippen molar-refractivity contribution in [3.8, 4) is 0 Å². The van der Waals surface area contributed by atoms with Gasteiger partial charge in [0.15, 0.2) is 5.82 Å². The smallest absolute Gasteiger partial charge is 0.284 e. The summed E-state index contributed by atoms with van der Waals surface area (Å²) in [5, 5.41) is 1.94. The lowest BCUT2D eigenvalue weighted by Gasteiger charge is -2.36. The lowest BCUT2D eigenvalue weighted by atomic mass is 10.1. The number of aromatic amines is 1. The number of nitrogens with zero attached hydrogens (tertiary/aromatic N) is 6. The van der Waals surface area contributed by atoms with Gasteiger partial charge in [0.1, 0.15) is 16.9 Å². The Morgan fingerprint density at radius 2 is 1.81 bits per heavy atom. The van der Waals surface area contributed by atoms with Gasteiger partial charge in [0.2, 0.25) is 0 Å². The predicted molar refractivity (Wildman–Crippen MR) is 135 cm³/mol. The third-order valence-electron chi connectivity index (χ3n) is 6.93. The van der Waals surface area contributed by atoms with Crippen LogP contribution in [0.1, 0.15) is 21.7 Å². The number of carbonyl (C=O) groups is 1. The summed E-state index contributed by atoms with van der Waals surface area (Å²) in [5.41, 5.74) is 5.39. The second-order valence-electron chi connectivity index (χ2n) is 9.48. The molecule has 2 saturated heterocycles. The molecule has 1 aromatic carbocycles. The van der Waals surface area contributed by atoms with Crippen LogP contribution in [-0.4, -0.2) is 95.1 Å². The van der Waals surface area contributed by atoms with Crippen molar-refractivity contribution in [2.75, 3.05) is 64.3 Å². The summed E-state index contributed by atoms with van der Waals surface area (Å²) in [6.07, 6.45) is 1.74. The van der Waals surface area contributed by atoms with Gasteiger partial charge < -0.3 is 14.8 Å². The lowest BCUT2D eigenvalue weighted by molar-refractivity contribution is 0.0658. The summed E-state index contributed by atoms with van der Waals surface area (Å²) in [7, 11) is 2.07. The van der Waals surface area contributed by atoms with E-state index in [4.69, 9.17) is 0 Å². The molecule has 1 amide bonds. The fourth-order valence-electron chi connectivity index (χ4n) is 4.61. The number of hydrazine groups is 1. The average molecular weight is 495 g/mol. The van der Waals surface area contributed by atoms with E-state index in [0.29, 0.717) is 29.0 Å². The van der Waals surface area contributed by atoms with Crippen LogP contribution in [0.2, 0.25) is 0 Å². The number of nitrogens with one attached hydrogen (secondary N) is 2. The highest BCUT2D eigenvalue weighted by Crippen LogP contribution is 2.21. The van der Waals surface area contributed by atoms with Gasteiger partial charge in [-0.05, 0) is 32.2 Å². The Morgan fingerprint density at radius 3 is 2.50 bits per heavy atom. The Labute approximate surface area is 208 Å². The standard InChI is InChI=1S/C25H31FN8O2/c1-17-24(35)29-23-20(28-17)5-3-18(22(23)26)16-32-9-11-33(12-10-32)19-4-6-21(27-15-19)25(36)30-34-13-7-31(2)8-14-34/h3-6,15H,7-14,16H2,1-2H3,(H,29,35)(H,30,36). The van der Waals surface area contributed by atoms with E-state index in [1.165, 1.54) is 0 Å². The number of piperazine rings is 2. The van der Waals surface area contributed by atoms with E-state index in [1.54, 1.807) is 31.3 Å². The highest BCUT2D eigenvalue weighted by Gasteiger charge is 2.21. The van der Waals surface area contributed by atoms with Crippen molar-refractivity contribution in [2.45, 2.75) is 13.5 Å². The highest BCUT2D eigenvalue weighted by atomic mass is 19.1. The van der Waals surface area contributed by atoms with E-state index < -0.39 is 5.82 Å². The number of benzene rings is 1. The molecule has 3 aromatic rings.